The minimum absolute atomic E-state index is 0.0349. The first kappa shape index (κ1) is 14.1. The van der Waals surface area contributed by atoms with Crippen molar-refractivity contribution < 1.29 is 13.9 Å². The van der Waals surface area contributed by atoms with Crippen LogP contribution in [0.5, 0.6) is 0 Å². The second-order valence-corrected chi connectivity index (χ2v) is 5.07. The molecule has 0 spiro atoms. The van der Waals surface area contributed by atoms with E-state index in [0.29, 0.717) is 16.9 Å². The van der Waals surface area contributed by atoms with Crippen molar-refractivity contribution in [3.8, 4) is 0 Å². The first-order valence-corrected chi connectivity index (χ1v) is 6.31. The molecule has 1 heterocycles. The molecular weight excluding hydrogens is 294 g/mol. The number of rotatable bonds is 3. The first-order valence-electron chi connectivity index (χ1n) is 5.50. The molecule has 4 nitrogen and oxygen atoms in total. The van der Waals surface area contributed by atoms with E-state index in [9.17, 15) is 9.18 Å². The lowest BCUT2D eigenvalue weighted by Crippen LogP contribution is -2.14. The maximum Gasteiger partial charge on any atom is 0.325 e. The van der Waals surface area contributed by atoms with Gasteiger partial charge in [-0.15, -0.1) is 11.6 Å². The molecule has 0 aliphatic rings. The van der Waals surface area contributed by atoms with Crippen LogP contribution in [-0.2, 0) is 16.1 Å². The third kappa shape index (κ3) is 2.67. The van der Waals surface area contributed by atoms with Crippen LogP contribution in [0, 0.1) is 5.82 Å². The molecule has 0 saturated heterocycles. The minimum Gasteiger partial charge on any atom is -0.468 e. The van der Waals surface area contributed by atoms with Crippen LogP contribution >= 0.6 is 23.2 Å². The van der Waals surface area contributed by atoms with Gasteiger partial charge in [-0.05, 0) is 13.0 Å². The fourth-order valence-corrected chi connectivity index (χ4v) is 2.13. The molecule has 0 aliphatic carbocycles. The van der Waals surface area contributed by atoms with Crippen molar-refractivity contribution in [2.75, 3.05) is 7.11 Å². The van der Waals surface area contributed by atoms with Crippen LogP contribution in [0.2, 0.25) is 5.02 Å². The smallest absolute Gasteiger partial charge is 0.325 e. The summed E-state index contributed by atoms with van der Waals surface area (Å²) in [6.07, 6.45) is 0. The van der Waals surface area contributed by atoms with Crippen molar-refractivity contribution in [3.05, 3.63) is 28.8 Å². The predicted octanol–water partition coefficient (Wildman–Crippen LogP) is 3.30. The molecule has 0 bridgehead atoms. The molecule has 0 radical (unpaired) electrons. The zero-order valence-electron chi connectivity index (χ0n) is 10.3. The molecule has 102 valence electrons. The number of alkyl halides is 1. The maximum absolute atomic E-state index is 13.4. The quantitative estimate of drug-likeness (QED) is 0.645. The average Bonchev–Trinajstić information content (AvgIpc) is 2.68. The highest BCUT2D eigenvalue weighted by Gasteiger charge is 2.18. The van der Waals surface area contributed by atoms with Crippen molar-refractivity contribution in [3.63, 3.8) is 0 Å². The molecule has 2 aromatic rings. The van der Waals surface area contributed by atoms with Gasteiger partial charge < -0.3 is 9.30 Å². The Morgan fingerprint density at radius 2 is 2.26 bits per heavy atom. The molecule has 1 atom stereocenters. The number of hydrogen-bond donors (Lipinski definition) is 0. The second-order valence-electron chi connectivity index (χ2n) is 4.00. The second kappa shape index (κ2) is 5.35. The Hall–Kier alpha value is -1.33. The molecule has 7 heteroatoms. The summed E-state index contributed by atoms with van der Waals surface area (Å²) in [4.78, 5) is 15.7. The summed E-state index contributed by atoms with van der Waals surface area (Å²) >= 11 is 11.8. The number of aromatic nitrogens is 2. The molecule has 1 aromatic heterocycles. The van der Waals surface area contributed by atoms with Gasteiger partial charge in [0.15, 0.2) is 0 Å². The highest BCUT2D eigenvalue weighted by Crippen LogP contribution is 2.28. The topological polar surface area (TPSA) is 44.1 Å². The van der Waals surface area contributed by atoms with E-state index in [4.69, 9.17) is 23.2 Å². The summed E-state index contributed by atoms with van der Waals surface area (Å²) in [6.45, 7) is 1.66. The molecule has 2 rings (SSSR count). The van der Waals surface area contributed by atoms with Crippen molar-refractivity contribution >= 4 is 40.2 Å². The van der Waals surface area contributed by atoms with Gasteiger partial charge in [-0.2, -0.15) is 0 Å². The van der Waals surface area contributed by atoms with Crippen molar-refractivity contribution in [2.24, 2.45) is 0 Å². The Balaban J connectivity index is 2.65. The van der Waals surface area contributed by atoms with E-state index in [1.54, 1.807) is 11.5 Å². The zero-order valence-corrected chi connectivity index (χ0v) is 11.8. The van der Waals surface area contributed by atoms with Crippen LogP contribution < -0.4 is 0 Å². The number of benzene rings is 1. The fraction of sp³-hybridized carbons (Fsp3) is 0.333. The van der Waals surface area contributed by atoms with E-state index in [1.807, 2.05) is 0 Å². The number of ether oxygens (including phenoxy) is 1. The SMILES string of the molecule is COC(=O)Cn1c(C(C)Cl)nc2cc(F)c(Cl)cc21. The van der Waals surface area contributed by atoms with Crippen LogP contribution in [-0.4, -0.2) is 22.6 Å². The molecule has 0 amide bonds. The highest BCUT2D eigenvalue weighted by atomic mass is 35.5. The average molecular weight is 305 g/mol. The van der Waals surface area contributed by atoms with Gasteiger partial charge in [-0.25, -0.2) is 9.37 Å². The summed E-state index contributed by atoms with van der Waals surface area (Å²) in [7, 11) is 1.29. The van der Waals surface area contributed by atoms with Crippen molar-refractivity contribution in [1.29, 1.82) is 0 Å². The number of imidazole rings is 1. The number of halogens is 3. The Kier molecular flexibility index (Phi) is 3.96. The summed E-state index contributed by atoms with van der Waals surface area (Å²) < 4.78 is 19.6. The van der Waals surface area contributed by atoms with E-state index >= 15 is 0 Å². The van der Waals surface area contributed by atoms with E-state index in [-0.39, 0.29) is 11.6 Å². The number of esters is 1. The lowest BCUT2D eigenvalue weighted by atomic mass is 10.3. The molecule has 0 saturated carbocycles. The fourth-order valence-electron chi connectivity index (χ4n) is 1.80. The highest BCUT2D eigenvalue weighted by molar-refractivity contribution is 6.31. The molecule has 1 aromatic carbocycles. The lowest BCUT2D eigenvalue weighted by Gasteiger charge is -2.09. The summed E-state index contributed by atoms with van der Waals surface area (Å²) in [5.74, 6) is -0.548. The molecular formula is C12H11Cl2FN2O2. The van der Waals surface area contributed by atoms with E-state index < -0.39 is 17.2 Å². The summed E-state index contributed by atoms with van der Waals surface area (Å²) in [5.41, 5.74) is 0.938. The number of nitrogens with zero attached hydrogens (tertiary/aromatic N) is 2. The van der Waals surface area contributed by atoms with Gasteiger partial charge in [-0.1, -0.05) is 11.6 Å². The van der Waals surface area contributed by atoms with Gasteiger partial charge in [0.05, 0.1) is 28.5 Å². The Morgan fingerprint density at radius 1 is 1.58 bits per heavy atom. The monoisotopic (exact) mass is 304 g/mol. The van der Waals surface area contributed by atoms with E-state index in [0.717, 1.165) is 0 Å². The van der Waals surface area contributed by atoms with Gasteiger partial charge >= 0.3 is 5.97 Å². The Bertz CT molecular complexity index is 640. The van der Waals surface area contributed by atoms with E-state index in [2.05, 4.69) is 9.72 Å². The van der Waals surface area contributed by atoms with Crippen LogP contribution in [0.15, 0.2) is 12.1 Å². The van der Waals surface area contributed by atoms with Crippen LogP contribution in [0.25, 0.3) is 11.0 Å². The maximum atomic E-state index is 13.4. The number of fused-ring (bicyclic) bond motifs is 1. The predicted molar refractivity (Wildman–Crippen MR) is 71.0 cm³/mol. The Morgan fingerprint density at radius 3 is 2.84 bits per heavy atom. The van der Waals surface area contributed by atoms with Gasteiger partial charge in [0.2, 0.25) is 0 Å². The van der Waals surface area contributed by atoms with E-state index in [1.165, 1.54) is 19.2 Å². The number of methoxy groups -OCH3 is 1. The number of carbonyl (C=O) groups excluding carboxylic acids is 1. The van der Waals surface area contributed by atoms with Crippen LogP contribution in [0.4, 0.5) is 4.39 Å². The van der Waals surface area contributed by atoms with Crippen LogP contribution in [0.3, 0.4) is 0 Å². The summed E-state index contributed by atoms with van der Waals surface area (Å²) in [5, 5.41) is -0.466. The third-order valence-corrected chi connectivity index (χ3v) is 3.18. The zero-order chi connectivity index (χ0) is 14.2. The van der Waals surface area contributed by atoms with Crippen molar-refractivity contribution in [1.82, 2.24) is 9.55 Å². The molecule has 19 heavy (non-hydrogen) atoms. The van der Waals surface area contributed by atoms with Crippen molar-refractivity contribution in [2.45, 2.75) is 18.8 Å². The largest absolute Gasteiger partial charge is 0.468 e. The minimum atomic E-state index is -0.564. The van der Waals surface area contributed by atoms with Gasteiger partial charge in [0, 0.05) is 6.07 Å². The molecule has 0 N–H and O–H groups in total. The van der Waals surface area contributed by atoms with Crippen LogP contribution in [0.1, 0.15) is 18.1 Å². The lowest BCUT2D eigenvalue weighted by molar-refractivity contribution is -0.141. The molecule has 1 unspecified atom stereocenters. The molecule has 0 fully saturated rings. The number of hydrogen-bond acceptors (Lipinski definition) is 3. The molecule has 0 aliphatic heterocycles. The third-order valence-electron chi connectivity index (χ3n) is 2.69. The summed E-state index contributed by atoms with van der Waals surface area (Å²) in [6, 6.07) is 2.64. The number of carbonyl (C=O) groups is 1. The standard InChI is InChI=1S/C12H11Cl2FN2O2/c1-6(13)12-16-9-4-8(15)7(14)3-10(9)17(12)5-11(18)19-2/h3-4,6H,5H2,1-2H3. The van der Waals surface area contributed by atoms with Gasteiger partial charge in [0.1, 0.15) is 18.2 Å². The van der Waals surface area contributed by atoms with Gasteiger partial charge in [-0.3, -0.25) is 4.79 Å². The van der Waals surface area contributed by atoms with Gasteiger partial charge in [0.25, 0.3) is 0 Å². The Labute approximate surface area is 119 Å². The first-order chi connectivity index (χ1) is 8.93. The normalized spacial score (nSPS) is 12.7.